The summed E-state index contributed by atoms with van der Waals surface area (Å²) in [6.07, 6.45) is 6.33. The molecule has 0 amide bonds. The van der Waals surface area contributed by atoms with Crippen LogP contribution in [0.3, 0.4) is 0 Å². The van der Waals surface area contributed by atoms with E-state index in [1.807, 2.05) is 24.3 Å². The van der Waals surface area contributed by atoms with Crippen LogP contribution in [0.4, 0.5) is 11.4 Å². The first kappa shape index (κ1) is 25.4. The van der Waals surface area contributed by atoms with Crippen LogP contribution in [0.1, 0.15) is 43.7 Å². The molecular weight excluding hydrogens is 402 g/mol. The van der Waals surface area contributed by atoms with Gasteiger partial charge in [0.05, 0.1) is 30.4 Å². The Morgan fingerprint density at radius 1 is 0.625 bits per heavy atom. The minimum atomic E-state index is 0.0782. The number of aryl methyl sites for hydroxylation is 2. The molecule has 7 nitrogen and oxygen atoms in total. The number of aliphatic imine (C=N–C) groups is 2. The topological polar surface area (TPSA) is 121 Å². The van der Waals surface area contributed by atoms with Crippen molar-refractivity contribution in [1.29, 1.82) is 0 Å². The molecule has 0 aliphatic heterocycles. The van der Waals surface area contributed by atoms with Gasteiger partial charge in [-0.3, -0.25) is 0 Å². The van der Waals surface area contributed by atoms with Crippen LogP contribution in [0.5, 0.6) is 0 Å². The Balaban J connectivity index is 1.41. The van der Waals surface area contributed by atoms with Crippen molar-refractivity contribution in [3.63, 3.8) is 0 Å². The monoisotopic (exact) mass is 439 g/mol. The van der Waals surface area contributed by atoms with E-state index in [4.69, 9.17) is 26.7 Å². The van der Waals surface area contributed by atoms with Crippen LogP contribution in [0.25, 0.3) is 0 Å². The van der Waals surface area contributed by atoms with E-state index in [1.54, 1.807) is 6.92 Å². The van der Waals surface area contributed by atoms with Crippen molar-refractivity contribution >= 4 is 23.2 Å². The molecule has 0 atom stereocenters. The summed E-state index contributed by atoms with van der Waals surface area (Å²) in [6.45, 7) is 4.62. The van der Waals surface area contributed by atoms with Gasteiger partial charge in [0.1, 0.15) is 0 Å². The summed E-state index contributed by atoms with van der Waals surface area (Å²) in [5.41, 5.74) is 20.6. The molecule has 2 rings (SSSR count). The molecule has 174 valence electrons. The SMILES string of the molecule is CC(N)=Nc1ccc(CCCCOCCOCCCCc2ccc(N=C(N)N)cc2)cc1. The molecule has 0 heterocycles. The maximum Gasteiger partial charge on any atom is 0.191 e. The zero-order valence-corrected chi connectivity index (χ0v) is 19.1. The number of hydrogen-bond acceptors (Lipinski definition) is 4. The molecule has 0 saturated carbocycles. The molecule has 0 saturated heterocycles. The standard InChI is InChI=1S/C25H37N5O2/c1-20(26)29-23-12-8-21(9-13-23)6-2-4-16-31-18-19-32-17-5-3-7-22-10-14-24(15-11-22)30-25(27)28/h8-15H,2-7,16-19H2,1H3,(H2,26,29)(H4,27,28,30). The zero-order valence-electron chi connectivity index (χ0n) is 19.1. The third-order valence-electron chi connectivity index (χ3n) is 4.82. The fourth-order valence-corrected chi connectivity index (χ4v) is 3.22. The average Bonchev–Trinajstić information content (AvgIpc) is 2.76. The van der Waals surface area contributed by atoms with E-state index < -0.39 is 0 Å². The number of amidine groups is 1. The predicted octanol–water partition coefficient (Wildman–Crippen LogP) is 3.98. The first-order chi connectivity index (χ1) is 15.5. The smallest absolute Gasteiger partial charge is 0.191 e. The molecule has 0 aliphatic rings. The quantitative estimate of drug-likeness (QED) is 0.220. The lowest BCUT2D eigenvalue weighted by Crippen LogP contribution is -2.21. The van der Waals surface area contributed by atoms with Crippen LogP contribution in [0.2, 0.25) is 0 Å². The van der Waals surface area contributed by atoms with E-state index in [1.165, 1.54) is 11.1 Å². The molecule has 0 unspecified atom stereocenters. The van der Waals surface area contributed by atoms with E-state index in [0.717, 1.165) is 63.1 Å². The first-order valence-corrected chi connectivity index (χ1v) is 11.3. The van der Waals surface area contributed by atoms with Gasteiger partial charge in [-0.05, 0) is 80.8 Å². The average molecular weight is 440 g/mol. The van der Waals surface area contributed by atoms with Crippen molar-refractivity contribution in [3.05, 3.63) is 59.7 Å². The lowest BCUT2D eigenvalue weighted by molar-refractivity contribution is 0.0452. The summed E-state index contributed by atoms with van der Waals surface area (Å²) in [5.74, 6) is 0.653. The highest BCUT2D eigenvalue weighted by molar-refractivity contribution is 5.80. The number of nitrogens with two attached hydrogens (primary N) is 3. The van der Waals surface area contributed by atoms with Crippen molar-refractivity contribution in [2.75, 3.05) is 26.4 Å². The van der Waals surface area contributed by atoms with Crippen LogP contribution in [0.15, 0.2) is 58.5 Å². The van der Waals surface area contributed by atoms with Crippen molar-refractivity contribution < 1.29 is 9.47 Å². The lowest BCUT2D eigenvalue weighted by Gasteiger charge is -2.07. The maximum atomic E-state index is 5.66. The molecule has 2 aromatic rings. The van der Waals surface area contributed by atoms with Gasteiger partial charge in [0.2, 0.25) is 0 Å². The van der Waals surface area contributed by atoms with Gasteiger partial charge in [0.15, 0.2) is 5.96 Å². The first-order valence-electron chi connectivity index (χ1n) is 11.3. The summed E-state index contributed by atoms with van der Waals surface area (Å²) in [6, 6.07) is 16.2. The Labute approximate surface area is 191 Å². The van der Waals surface area contributed by atoms with E-state index in [0.29, 0.717) is 19.0 Å². The Bertz CT molecular complexity index is 753. The van der Waals surface area contributed by atoms with Gasteiger partial charge in [-0.25, -0.2) is 9.98 Å². The van der Waals surface area contributed by atoms with Gasteiger partial charge in [-0.2, -0.15) is 0 Å². The van der Waals surface area contributed by atoms with Crippen LogP contribution in [-0.4, -0.2) is 38.2 Å². The summed E-state index contributed by atoms with van der Waals surface area (Å²) in [5, 5.41) is 0. The number of hydrogen-bond donors (Lipinski definition) is 3. The molecular formula is C25H37N5O2. The Kier molecular flexibility index (Phi) is 11.9. The molecule has 0 spiro atoms. The van der Waals surface area contributed by atoms with E-state index in [-0.39, 0.29) is 5.96 Å². The molecule has 2 aromatic carbocycles. The number of benzene rings is 2. The van der Waals surface area contributed by atoms with Gasteiger partial charge < -0.3 is 26.7 Å². The lowest BCUT2D eigenvalue weighted by atomic mass is 10.1. The number of ether oxygens (including phenoxy) is 2. The van der Waals surface area contributed by atoms with Crippen LogP contribution in [-0.2, 0) is 22.3 Å². The molecule has 32 heavy (non-hydrogen) atoms. The molecule has 0 fully saturated rings. The number of rotatable bonds is 15. The third-order valence-corrected chi connectivity index (χ3v) is 4.82. The highest BCUT2D eigenvalue weighted by atomic mass is 16.5. The highest BCUT2D eigenvalue weighted by Crippen LogP contribution is 2.15. The zero-order chi connectivity index (χ0) is 23.0. The molecule has 7 heteroatoms. The van der Waals surface area contributed by atoms with Crippen molar-refractivity contribution in [2.24, 2.45) is 27.2 Å². The molecule has 6 N–H and O–H groups in total. The Morgan fingerprint density at radius 2 is 1.06 bits per heavy atom. The van der Waals surface area contributed by atoms with Gasteiger partial charge >= 0.3 is 0 Å². The molecule has 0 aliphatic carbocycles. The van der Waals surface area contributed by atoms with Crippen molar-refractivity contribution in [1.82, 2.24) is 0 Å². The second-order valence-corrected chi connectivity index (χ2v) is 7.76. The van der Waals surface area contributed by atoms with Gasteiger partial charge in [0, 0.05) is 13.2 Å². The van der Waals surface area contributed by atoms with E-state index in [2.05, 4.69) is 34.3 Å². The van der Waals surface area contributed by atoms with E-state index in [9.17, 15) is 0 Å². The normalized spacial score (nSPS) is 11.5. The predicted molar refractivity (Wildman–Crippen MR) is 133 cm³/mol. The van der Waals surface area contributed by atoms with Gasteiger partial charge in [0.25, 0.3) is 0 Å². The Morgan fingerprint density at radius 3 is 1.47 bits per heavy atom. The molecule has 0 aromatic heterocycles. The fourth-order valence-electron chi connectivity index (χ4n) is 3.22. The molecule has 0 radical (unpaired) electrons. The second kappa shape index (κ2) is 15.0. The largest absolute Gasteiger partial charge is 0.387 e. The number of guanidine groups is 1. The summed E-state index contributed by atoms with van der Waals surface area (Å²) >= 11 is 0. The second-order valence-electron chi connectivity index (χ2n) is 7.76. The summed E-state index contributed by atoms with van der Waals surface area (Å²) < 4.78 is 11.3. The van der Waals surface area contributed by atoms with Crippen molar-refractivity contribution in [2.45, 2.75) is 45.4 Å². The van der Waals surface area contributed by atoms with Gasteiger partial charge in [-0.1, -0.05) is 24.3 Å². The third kappa shape index (κ3) is 11.5. The fraction of sp³-hybridized carbons (Fsp3) is 0.440. The Hall–Kier alpha value is -2.90. The summed E-state index contributed by atoms with van der Waals surface area (Å²) in [7, 11) is 0. The van der Waals surface area contributed by atoms with Crippen LogP contribution in [0, 0.1) is 0 Å². The number of nitrogens with zero attached hydrogens (tertiary/aromatic N) is 2. The van der Waals surface area contributed by atoms with Gasteiger partial charge in [-0.15, -0.1) is 0 Å². The highest BCUT2D eigenvalue weighted by Gasteiger charge is 1.98. The minimum absolute atomic E-state index is 0.0782. The maximum absolute atomic E-state index is 5.66. The van der Waals surface area contributed by atoms with Crippen LogP contribution < -0.4 is 17.2 Å². The number of unbranched alkanes of at least 4 members (excludes halogenated alkanes) is 2. The molecule has 0 bridgehead atoms. The van der Waals surface area contributed by atoms with Crippen LogP contribution >= 0.6 is 0 Å². The van der Waals surface area contributed by atoms with Crippen molar-refractivity contribution in [3.8, 4) is 0 Å². The summed E-state index contributed by atoms with van der Waals surface area (Å²) in [4.78, 5) is 8.26. The van der Waals surface area contributed by atoms with E-state index >= 15 is 0 Å². The minimum Gasteiger partial charge on any atom is -0.387 e.